The molecule has 5 nitrogen and oxygen atoms in total. The molecule has 1 aromatic carbocycles. The Morgan fingerprint density at radius 1 is 1.57 bits per heavy atom. The number of nitro groups is 1. The molecule has 2 N–H and O–H groups in total. The molecule has 0 radical (unpaired) electrons. The molecule has 0 unspecified atom stereocenters. The van der Waals surface area contributed by atoms with Gasteiger partial charge in [0.1, 0.15) is 5.69 Å². The Kier molecular flexibility index (Phi) is 2.66. The number of nitrogen functional groups attached to an aromatic ring is 1. The standard InChI is InChI=1S/C7H4ClFN2O3/c8-7(12)3-1-2-4(9)6(5(3)10)11(13)14/h1-2H,10H2. The molecule has 0 spiro atoms. The number of carbonyl (C=O) groups is 1. The summed E-state index contributed by atoms with van der Waals surface area (Å²) in [7, 11) is 0. The van der Waals surface area contributed by atoms with Crippen molar-refractivity contribution in [1.29, 1.82) is 0 Å². The van der Waals surface area contributed by atoms with E-state index in [1.54, 1.807) is 0 Å². The zero-order chi connectivity index (χ0) is 10.9. The second kappa shape index (κ2) is 3.59. The van der Waals surface area contributed by atoms with E-state index >= 15 is 0 Å². The Hall–Kier alpha value is -1.69. The molecule has 7 heteroatoms. The minimum Gasteiger partial charge on any atom is -0.392 e. The highest BCUT2D eigenvalue weighted by Gasteiger charge is 2.23. The van der Waals surface area contributed by atoms with Crippen LogP contribution >= 0.6 is 11.6 Å². The zero-order valence-electron chi connectivity index (χ0n) is 6.66. The molecule has 74 valence electrons. The summed E-state index contributed by atoms with van der Waals surface area (Å²) >= 11 is 5.07. The quantitative estimate of drug-likeness (QED) is 0.354. The summed E-state index contributed by atoms with van der Waals surface area (Å²) < 4.78 is 12.9. The number of anilines is 1. The van der Waals surface area contributed by atoms with Gasteiger partial charge in [-0.05, 0) is 23.7 Å². The monoisotopic (exact) mass is 218 g/mol. The van der Waals surface area contributed by atoms with Gasteiger partial charge >= 0.3 is 5.69 Å². The smallest absolute Gasteiger partial charge is 0.328 e. The number of nitrogens with zero attached hydrogens (tertiary/aromatic N) is 1. The first-order chi connectivity index (χ1) is 6.45. The van der Waals surface area contributed by atoms with Gasteiger partial charge in [-0.25, -0.2) is 0 Å². The number of carbonyl (C=O) groups excluding carboxylic acids is 1. The normalized spacial score (nSPS) is 9.86. The lowest BCUT2D eigenvalue weighted by Crippen LogP contribution is -2.04. The second-order valence-electron chi connectivity index (χ2n) is 2.39. The fourth-order valence-electron chi connectivity index (χ4n) is 0.938. The molecular weight excluding hydrogens is 215 g/mol. The van der Waals surface area contributed by atoms with Crippen molar-refractivity contribution in [3.63, 3.8) is 0 Å². The van der Waals surface area contributed by atoms with Crippen molar-refractivity contribution >= 4 is 28.2 Å². The summed E-state index contributed by atoms with van der Waals surface area (Å²) in [5, 5.41) is 9.38. The molecule has 0 aliphatic rings. The van der Waals surface area contributed by atoms with E-state index in [0.29, 0.717) is 0 Å². The number of rotatable bonds is 2. The molecule has 0 saturated carbocycles. The largest absolute Gasteiger partial charge is 0.392 e. The van der Waals surface area contributed by atoms with Crippen molar-refractivity contribution in [1.82, 2.24) is 0 Å². The van der Waals surface area contributed by atoms with Crippen LogP contribution in [0.4, 0.5) is 15.8 Å². The Balaban J connectivity index is 3.49. The van der Waals surface area contributed by atoms with Crippen LogP contribution in [-0.4, -0.2) is 10.2 Å². The molecule has 0 fully saturated rings. The molecule has 0 atom stereocenters. The zero-order valence-corrected chi connectivity index (χ0v) is 7.42. The highest BCUT2D eigenvalue weighted by Crippen LogP contribution is 2.29. The lowest BCUT2D eigenvalue weighted by molar-refractivity contribution is -0.386. The van der Waals surface area contributed by atoms with Crippen LogP contribution in [0.2, 0.25) is 0 Å². The molecule has 0 bridgehead atoms. The maximum Gasteiger partial charge on any atom is 0.328 e. The van der Waals surface area contributed by atoms with Gasteiger partial charge in [0.05, 0.1) is 10.5 Å². The molecule has 14 heavy (non-hydrogen) atoms. The van der Waals surface area contributed by atoms with Crippen LogP contribution in [0, 0.1) is 15.9 Å². The van der Waals surface area contributed by atoms with Gasteiger partial charge in [0.15, 0.2) is 0 Å². The average molecular weight is 219 g/mol. The maximum absolute atomic E-state index is 12.9. The van der Waals surface area contributed by atoms with Crippen molar-refractivity contribution in [3.8, 4) is 0 Å². The van der Waals surface area contributed by atoms with Crippen molar-refractivity contribution in [2.24, 2.45) is 0 Å². The summed E-state index contributed by atoms with van der Waals surface area (Å²) in [5.41, 5.74) is 3.43. The van der Waals surface area contributed by atoms with Gasteiger partial charge in [-0.3, -0.25) is 14.9 Å². The minimum absolute atomic E-state index is 0.278. The van der Waals surface area contributed by atoms with Gasteiger partial charge < -0.3 is 5.73 Å². The number of nitrogens with two attached hydrogens (primary N) is 1. The summed E-state index contributed by atoms with van der Waals surface area (Å²) in [6.07, 6.45) is 0. The first kappa shape index (κ1) is 10.4. The Bertz CT molecular complexity index is 422. The van der Waals surface area contributed by atoms with Crippen LogP contribution in [0.15, 0.2) is 12.1 Å². The molecule has 0 aromatic heterocycles. The number of benzene rings is 1. The second-order valence-corrected chi connectivity index (χ2v) is 2.73. The van der Waals surface area contributed by atoms with Crippen LogP contribution < -0.4 is 5.73 Å². The third-order valence-electron chi connectivity index (χ3n) is 1.56. The van der Waals surface area contributed by atoms with Gasteiger partial charge in [0.2, 0.25) is 5.82 Å². The molecule has 0 amide bonds. The fourth-order valence-corrected chi connectivity index (χ4v) is 1.10. The van der Waals surface area contributed by atoms with E-state index in [1.807, 2.05) is 0 Å². The van der Waals surface area contributed by atoms with Crippen LogP contribution in [0.25, 0.3) is 0 Å². The van der Waals surface area contributed by atoms with Crippen molar-refractivity contribution in [2.75, 3.05) is 5.73 Å². The average Bonchev–Trinajstić information content (AvgIpc) is 2.02. The Morgan fingerprint density at radius 3 is 2.57 bits per heavy atom. The first-order valence-electron chi connectivity index (χ1n) is 3.37. The van der Waals surface area contributed by atoms with Gasteiger partial charge in [-0.15, -0.1) is 0 Å². The molecule has 0 aliphatic carbocycles. The Morgan fingerprint density at radius 2 is 2.14 bits per heavy atom. The molecule has 1 rings (SSSR count). The van der Waals surface area contributed by atoms with Gasteiger partial charge in [0, 0.05) is 0 Å². The van der Waals surface area contributed by atoms with Gasteiger partial charge in [0.25, 0.3) is 5.24 Å². The lowest BCUT2D eigenvalue weighted by atomic mass is 10.1. The third-order valence-corrected chi connectivity index (χ3v) is 1.77. The van der Waals surface area contributed by atoms with E-state index in [2.05, 4.69) is 0 Å². The highest BCUT2D eigenvalue weighted by atomic mass is 35.5. The van der Waals surface area contributed by atoms with E-state index in [4.69, 9.17) is 17.3 Å². The van der Waals surface area contributed by atoms with Crippen molar-refractivity contribution in [2.45, 2.75) is 0 Å². The summed E-state index contributed by atoms with van der Waals surface area (Å²) in [5.74, 6) is -1.10. The van der Waals surface area contributed by atoms with Crippen LogP contribution in [-0.2, 0) is 0 Å². The molecule has 1 aromatic rings. The maximum atomic E-state index is 12.9. The third kappa shape index (κ3) is 1.64. The Labute approximate surface area is 82.4 Å². The van der Waals surface area contributed by atoms with E-state index in [9.17, 15) is 19.3 Å². The summed E-state index contributed by atoms with van der Waals surface area (Å²) in [6.45, 7) is 0. The summed E-state index contributed by atoms with van der Waals surface area (Å²) in [6, 6.07) is 1.76. The number of halogens is 2. The predicted molar refractivity (Wildman–Crippen MR) is 47.7 cm³/mol. The summed E-state index contributed by atoms with van der Waals surface area (Å²) in [4.78, 5) is 20.0. The topological polar surface area (TPSA) is 86.2 Å². The van der Waals surface area contributed by atoms with Gasteiger partial charge in [-0.2, -0.15) is 4.39 Å². The van der Waals surface area contributed by atoms with E-state index < -0.39 is 27.4 Å². The van der Waals surface area contributed by atoms with Crippen molar-refractivity contribution in [3.05, 3.63) is 33.6 Å². The molecule has 0 saturated heterocycles. The lowest BCUT2D eigenvalue weighted by Gasteiger charge is -2.01. The SMILES string of the molecule is Nc1c(C(=O)Cl)ccc(F)c1[N+](=O)[O-]. The van der Waals surface area contributed by atoms with Gasteiger partial charge in [-0.1, -0.05) is 0 Å². The van der Waals surface area contributed by atoms with Crippen LogP contribution in [0.1, 0.15) is 10.4 Å². The van der Waals surface area contributed by atoms with Crippen molar-refractivity contribution < 1.29 is 14.1 Å². The van der Waals surface area contributed by atoms with Crippen LogP contribution in [0.3, 0.4) is 0 Å². The minimum atomic E-state index is -1.10. The number of hydrogen-bond donors (Lipinski definition) is 1. The first-order valence-corrected chi connectivity index (χ1v) is 3.75. The number of nitro benzene ring substituents is 1. The van der Waals surface area contributed by atoms with E-state index in [-0.39, 0.29) is 5.56 Å². The highest BCUT2D eigenvalue weighted by molar-refractivity contribution is 6.68. The number of hydrogen-bond acceptors (Lipinski definition) is 4. The van der Waals surface area contributed by atoms with E-state index in [0.717, 1.165) is 12.1 Å². The molecular formula is C7H4ClFN2O3. The fraction of sp³-hybridized carbons (Fsp3) is 0. The predicted octanol–water partition coefficient (Wildman–Crippen LogP) is 1.70. The molecule has 0 heterocycles. The molecule has 0 aliphatic heterocycles. The van der Waals surface area contributed by atoms with Crippen LogP contribution in [0.5, 0.6) is 0 Å². The van der Waals surface area contributed by atoms with E-state index in [1.165, 1.54) is 0 Å².